The lowest BCUT2D eigenvalue weighted by Gasteiger charge is -2.18. The van der Waals surface area contributed by atoms with Crippen molar-refractivity contribution in [1.29, 1.82) is 0 Å². The Labute approximate surface area is 170 Å². The number of carbonyl (C=O) groups excluding carboxylic acids is 2. The van der Waals surface area contributed by atoms with Crippen molar-refractivity contribution in [2.45, 2.75) is 19.1 Å². The summed E-state index contributed by atoms with van der Waals surface area (Å²) in [5.74, 6) is -0.119. The van der Waals surface area contributed by atoms with Crippen LogP contribution in [0.1, 0.15) is 22.8 Å². The van der Waals surface area contributed by atoms with Crippen LogP contribution in [-0.4, -0.2) is 19.0 Å². The van der Waals surface area contributed by atoms with Gasteiger partial charge in [-0.15, -0.1) is 0 Å². The highest BCUT2D eigenvalue weighted by Crippen LogP contribution is 2.19. The van der Waals surface area contributed by atoms with Crippen LogP contribution >= 0.6 is 0 Å². The number of rotatable bonds is 8. The summed E-state index contributed by atoms with van der Waals surface area (Å²) in [6.07, 6.45) is -0.940. The van der Waals surface area contributed by atoms with E-state index in [1.807, 2.05) is 48.5 Å². The molecule has 29 heavy (non-hydrogen) atoms. The molecule has 0 spiro atoms. The molecule has 1 atom stereocenters. The molecule has 5 heteroatoms. The molecule has 0 aliphatic heterocycles. The van der Waals surface area contributed by atoms with Crippen LogP contribution in [0.3, 0.4) is 0 Å². The topological polar surface area (TPSA) is 64.6 Å². The van der Waals surface area contributed by atoms with Crippen LogP contribution < -0.4 is 10.1 Å². The summed E-state index contributed by atoms with van der Waals surface area (Å²) in [5, 5.41) is 2.85. The largest absolute Gasteiger partial charge is 0.497 e. The summed E-state index contributed by atoms with van der Waals surface area (Å²) in [4.78, 5) is 25.3. The van der Waals surface area contributed by atoms with Crippen molar-refractivity contribution in [3.8, 4) is 5.75 Å². The summed E-state index contributed by atoms with van der Waals surface area (Å²) < 4.78 is 10.7. The Hall–Kier alpha value is -3.60. The van der Waals surface area contributed by atoms with Gasteiger partial charge in [0.2, 0.25) is 6.10 Å². The van der Waals surface area contributed by atoms with Crippen molar-refractivity contribution in [2.24, 2.45) is 0 Å². The highest BCUT2D eigenvalue weighted by atomic mass is 16.5. The minimum atomic E-state index is -1.01. The second-order valence-electron chi connectivity index (χ2n) is 6.51. The maximum absolute atomic E-state index is 12.8. The lowest BCUT2D eigenvalue weighted by molar-refractivity contribution is -0.155. The van der Waals surface area contributed by atoms with E-state index in [2.05, 4.69) is 5.32 Å². The minimum Gasteiger partial charge on any atom is -0.497 e. The normalized spacial score (nSPS) is 11.3. The van der Waals surface area contributed by atoms with Crippen molar-refractivity contribution >= 4 is 11.9 Å². The van der Waals surface area contributed by atoms with Crippen LogP contribution in [0.4, 0.5) is 0 Å². The van der Waals surface area contributed by atoms with Gasteiger partial charge in [0.05, 0.1) is 13.5 Å². The SMILES string of the molecule is COc1ccc(CC(=O)OC(C(=O)NCc2ccccc2)c2ccccc2)cc1. The van der Waals surface area contributed by atoms with Crippen LogP contribution in [0.25, 0.3) is 0 Å². The van der Waals surface area contributed by atoms with E-state index < -0.39 is 12.1 Å². The predicted molar refractivity (Wildman–Crippen MR) is 110 cm³/mol. The third-order valence-corrected chi connectivity index (χ3v) is 4.41. The molecule has 3 rings (SSSR count). The molecule has 5 nitrogen and oxygen atoms in total. The molecule has 1 amide bonds. The van der Waals surface area contributed by atoms with Crippen molar-refractivity contribution in [2.75, 3.05) is 7.11 Å². The Morgan fingerprint density at radius 3 is 2.07 bits per heavy atom. The monoisotopic (exact) mass is 389 g/mol. The maximum atomic E-state index is 12.8. The van der Waals surface area contributed by atoms with E-state index in [9.17, 15) is 9.59 Å². The molecular weight excluding hydrogens is 366 g/mol. The molecule has 0 heterocycles. The predicted octanol–water partition coefficient (Wildman–Crippen LogP) is 3.84. The number of amides is 1. The fourth-order valence-electron chi connectivity index (χ4n) is 2.86. The first-order valence-electron chi connectivity index (χ1n) is 9.34. The highest BCUT2D eigenvalue weighted by Gasteiger charge is 2.24. The van der Waals surface area contributed by atoms with Crippen molar-refractivity contribution in [1.82, 2.24) is 5.32 Å². The molecule has 0 fully saturated rings. The molecule has 148 valence electrons. The van der Waals surface area contributed by atoms with Crippen molar-refractivity contribution < 1.29 is 19.1 Å². The van der Waals surface area contributed by atoms with E-state index in [0.717, 1.165) is 11.1 Å². The molecule has 1 N–H and O–H groups in total. The van der Waals surface area contributed by atoms with E-state index in [4.69, 9.17) is 9.47 Å². The number of hydrogen-bond acceptors (Lipinski definition) is 4. The standard InChI is InChI=1S/C24H23NO4/c1-28-21-14-12-18(13-15-21)16-22(26)29-23(20-10-6-3-7-11-20)24(27)25-17-19-8-4-2-5-9-19/h2-15,23H,16-17H2,1H3,(H,25,27). The van der Waals surface area contributed by atoms with Gasteiger partial charge < -0.3 is 14.8 Å². The number of nitrogens with one attached hydrogen (secondary N) is 1. The summed E-state index contributed by atoms with van der Waals surface area (Å²) in [7, 11) is 1.59. The molecule has 1 unspecified atom stereocenters. The molecule has 0 bridgehead atoms. The number of ether oxygens (including phenoxy) is 2. The lowest BCUT2D eigenvalue weighted by atomic mass is 10.1. The zero-order chi connectivity index (χ0) is 20.5. The lowest BCUT2D eigenvalue weighted by Crippen LogP contribution is -2.32. The Kier molecular flexibility index (Phi) is 7.00. The van der Waals surface area contributed by atoms with E-state index >= 15 is 0 Å². The molecule has 0 aromatic heterocycles. The van der Waals surface area contributed by atoms with E-state index in [-0.39, 0.29) is 12.3 Å². The van der Waals surface area contributed by atoms with E-state index in [0.29, 0.717) is 17.9 Å². The molecule has 0 aliphatic rings. The van der Waals surface area contributed by atoms with E-state index in [1.54, 1.807) is 43.5 Å². The molecule has 0 radical (unpaired) electrons. The van der Waals surface area contributed by atoms with Crippen LogP contribution in [0, 0.1) is 0 Å². The zero-order valence-electron chi connectivity index (χ0n) is 16.2. The van der Waals surface area contributed by atoms with Gasteiger partial charge in [0.1, 0.15) is 5.75 Å². The van der Waals surface area contributed by atoms with Gasteiger partial charge in [-0.3, -0.25) is 9.59 Å². The van der Waals surface area contributed by atoms with E-state index in [1.165, 1.54) is 0 Å². The molecule has 3 aromatic rings. The quantitative estimate of drug-likeness (QED) is 0.595. The van der Waals surface area contributed by atoms with Gasteiger partial charge >= 0.3 is 5.97 Å². The van der Waals surface area contributed by atoms with Crippen LogP contribution in [-0.2, 0) is 27.3 Å². The summed E-state index contributed by atoms with van der Waals surface area (Å²) >= 11 is 0. The number of esters is 1. The second kappa shape index (κ2) is 10.1. The Bertz CT molecular complexity index is 924. The first-order valence-corrected chi connectivity index (χ1v) is 9.34. The smallest absolute Gasteiger partial charge is 0.311 e. The second-order valence-corrected chi connectivity index (χ2v) is 6.51. The van der Waals surface area contributed by atoms with Gasteiger partial charge in [0.15, 0.2) is 0 Å². The molecule has 0 saturated heterocycles. The fourth-order valence-corrected chi connectivity index (χ4v) is 2.86. The average molecular weight is 389 g/mol. The first kappa shape index (κ1) is 20.1. The van der Waals surface area contributed by atoms with Gasteiger partial charge in [-0.05, 0) is 23.3 Å². The number of methoxy groups -OCH3 is 1. The maximum Gasteiger partial charge on any atom is 0.311 e. The van der Waals surface area contributed by atoms with Crippen LogP contribution in [0.5, 0.6) is 5.75 Å². The average Bonchev–Trinajstić information content (AvgIpc) is 2.77. The highest BCUT2D eigenvalue weighted by molar-refractivity contribution is 5.85. The third kappa shape index (κ3) is 5.94. The minimum absolute atomic E-state index is 0.0687. The zero-order valence-corrected chi connectivity index (χ0v) is 16.2. The van der Waals surface area contributed by atoms with Crippen LogP contribution in [0.2, 0.25) is 0 Å². The fraction of sp³-hybridized carbons (Fsp3) is 0.167. The number of benzene rings is 3. The van der Waals surface area contributed by atoms with Crippen molar-refractivity contribution in [3.05, 3.63) is 102 Å². The van der Waals surface area contributed by atoms with Crippen LogP contribution in [0.15, 0.2) is 84.9 Å². The number of carbonyl (C=O) groups is 2. The Morgan fingerprint density at radius 1 is 0.828 bits per heavy atom. The summed E-state index contributed by atoms with van der Waals surface area (Å²) in [6.45, 7) is 0.360. The number of hydrogen-bond donors (Lipinski definition) is 1. The Morgan fingerprint density at radius 2 is 1.45 bits per heavy atom. The Balaban J connectivity index is 1.67. The van der Waals surface area contributed by atoms with Gasteiger partial charge in [0, 0.05) is 12.1 Å². The van der Waals surface area contributed by atoms with Gasteiger partial charge in [-0.2, -0.15) is 0 Å². The molecule has 0 saturated carbocycles. The molecular formula is C24H23NO4. The summed E-state index contributed by atoms with van der Waals surface area (Å²) in [5.41, 5.74) is 2.38. The molecule has 3 aromatic carbocycles. The first-order chi connectivity index (χ1) is 14.2. The van der Waals surface area contributed by atoms with Crippen molar-refractivity contribution in [3.63, 3.8) is 0 Å². The van der Waals surface area contributed by atoms with Gasteiger partial charge in [-0.1, -0.05) is 72.8 Å². The van der Waals surface area contributed by atoms with Gasteiger partial charge in [-0.25, -0.2) is 0 Å². The third-order valence-electron chi connectivity index (χ3n) is 4.41. The molecule has 0 aliphatic carbocycles. The van der Waals surface area contributed by atoms with Gasteiger partial charge in [0.25, 0.3) is 5.91 Å². The summed E-state index contributed by atoms with van der Waals surface area (Å²) in [6, 6.07) is 25.8.